The van der Waals surface area contributed by atoms with E-state index in [9.17, 15) is 28.8 Å². The summed E-state index contributed by atoms with van der Waals surface area (Å²) < 4.78 is 0. The number of aldehydes is 1. The van der Waals surface area contributed by atoms with Crippen molar-refractivity contribution in [2.24, 2.45) is 0 Å². The van der Waals surface area contributed by atoms with Gasteiger partial charge < -0.3 is 4.79 Å². The molecule has 0 N–H and O–H groups in total. The average molecular weight is 338 g/mol. The molecule has 0 aliphatic rings. The average Bonchev–Trinajstić information content (AvgIpc) is 2.58. The van der Waals surface area contributed by atoms with E-state index in [4.69, 9.17) is 0 Å². The summed E-state index contributed by atoms with van der Waals surface area (Å²) >= 11 is 0. The highest BCUT2D eigenvalue weighted by molar-refractivity contribution is 5.91. The lowest BCUT2D eigenvalue weighted by Crippen LogP contribution is -2.09. The molecule has 0 aromatic heterocycles. The van der Waals surface area contributed by atoms with Gasteiger partial charge in [-0.05, 0) is 0 Å². The molecule has 0 fully saturated rings. The molecule has 0 aliphatic carbocycles. The van der Waals surface area contributed by atoms with Crippen molar-refractivity contribution in [3.05, 3.63) is 0 Å². The molecule has 0 bridgehead atoms. The SMILES string of the molecule is CCC(=O)CCC(=O)CCC(=O)CCC(=O)CCC(=O)CCC=O. The lowest BCUT2D eigenvalue weighted by atomic mass is 10.0. The first kappa shape index (κ1) is 22.0. The molecule has 0 saturated carbocycles. The molecule has 0 aromatic rings. The van der Waals surface area contributed by atoms with E-state index < -0.39 is 0 Å². The third-order valence-corrected chi connectivity index (χ3v) is 3.67. The summed E-state index contributed by atoms with van der Waals surface area (Å²) in [4.78, 5) is 67.3. The molecule has 0 amide bonds. The number of carbonyl (C=O) groups is 6. The summed E-state index contributed by atoms with van der Waals surface area (Å²) in [6.45, 7) is 1.74. The van der Waals surface area contributed by atoms with E-state index in [-0.39, 0.29) is 93.1 Å². The maximum atomic E-state index is 11.6. The van der Waals surface area contributed by atoms with Gasteiger partial charge in [0, 0.05) is 70.6 Å². The third-order valence-electron chi connectivity index (χ3n) is 3.67. The Balaban J connectivity index is 3.79. The van der Waals surface area contributed by atoms with Crippen molar-refractivity contribution < 1.29 is 28.8 Å². The monoisotopic (exact) mass is 338 g/mol. The summed E-state index contributed by atoms with van der Waals surface area (Å²) in [7, 11) is 0. The molecule has 0 atom stereocenters. The van der Waals surface area contributed by atoms with E-state index in [0.717, 1.165) is 0 Å². The molecule has 0 aromatic carbocycles. The molecule has 134 valence electrons. The predicted molar refractivity (Wildman–Crippen MR) is 87.6 cm³/mol. The van der Waals surface area contributed by atoms with Crippen LogP contribution in [-0.2, 0) is 28.8 Å². The van der Waals surface area contributed by atoms with Gasteiger partial charge in [0.2, 0.25) is 0 Å². The van der Waals surface area contributed by atoms with E-state index in [2.05, 4.69) is 0 Å². The quantitative estimate of drug-likeness (QED) is 0.400. The van der Waals surface area contributed by atoms with E-state index in [0.29, 0.717) is 12.7 Å². The van der Waals surface area contributed by atoms with Crippen molar-refractivity contribution in [2.45, 2.75) is 77.6 Å². The Hall–Kier alpha value is -1.98. The Morgan fingerprint density at radius 3 is 1.12 bits per heavy atom. The van der Waals surface area contributed by atoms with Gasteiger partial charge in [-0.2, -0.15) is 0 Å². The molecule has 6 nitrogen and oxygen atoms in total. The van der Waals surface area contributed by atoms with E-state index in [1.165, 1.54) is 0 Å². The fraction of sp³-hybridized carbons (Fsp3) is 0.667. The van der Waals surface area contributed by atoms with Gasteiger partial charge in [-0.15, -0.1) is 0 Å². The van der Waals surface area contributed by atoms with Crippen LogP contribution in [0.4, 0.5) is 0 Å². The van der Waals surface area contributed by atoms with Gasteiger partial charge in [0.1, 0.15) is 35.2 Å². The van der Waals surface area contributed by atoms with Crippen LogP contribution >= 0.6 is 0 Å². The first-order valence-electron chi connectivity index (χ1n) is 8.41. The van der Waals surface area contributed by atoms with Crippen molar-refractivity contribution in [1.29, 1.82) is 0 Å². The van der Waals surface area contributed by atoms with Gasteiger partial charge in [-0.25, -0.2) is 0 Å². The van der Waals surface area contributed by atoms with Crippen LogP contribution in [0, 0.1) is 0 Å². The molecular weight excluding hydrogens is 312 g/mol. The standard InChI is InChI=1S/C18H26O6/c1-2-14(20)5-6-16(22)9-10-18(24)12-11-17(23)8-7-15(21)4-3-13-19/h13H,2-12H2,1H3. The maximum absolute atomic E-state index is 11.6. The van der Waals surface area contributed by atoms with Crippen molar-refractivity contribution in [2.75, 3.05) is 0 Å². The van der Waals surface area contributed by atoms with Crippen LogP contribution in [0.2, 0.25) is 0 Å². The smallest absolute Gasteiger partial charge is 0.133 e. The number of ketones is 5. The Morgan fingerprint density at radius 2 is 0.833 bits per heavy atom. The van der Waals surface area contributed by atoms with Crippen LogP contribution in [0.5, 0.6) is 0 Å². The summed E-state index contributed by atoms with van der Waals surface area (Å²) in [6.07, 6.45) is 2.31. The first-order chi connectivity index (χ1) is 11.4. The number of hydrogen-bond donors (Lipinski definition) is 0. The van der Waals surface area contributed by atoms with Crippen molar-refractivity contribution in [3.63, 3.8) is 0 Å². The Morgan fingerprint density at radius 1 is 0.542 bits per heavy atom. The highest BCUT2D eigenvalue weighted by Gasteiger charge is 2.12. The third kappa shape index (κ3) is 12.6. The second-order valence-electron chi connectivity index (χ2n) is 5.75. The fourth-order valence-electron chi connectivity index (χ4n) is 2.01. The zero-order valence-corrected chi connectivity index (χ0v) is 14.3. The highest BCUT2D eigenvalue weighted by atomic mass is 16.1. The number of carbonyl (C=O) groups excluding carboxylic acids is 6. The molecule has 0 saturated heterocycles. The molecule has 0 rings (SSSR count). The number of Topliss-reactive ketones (excluding diaryl/α,β-unsaturated/α-hetero) is 5. The van der Waals surface area contributed by atoms with Gasteiger partial charge >= 0.3 is 0 Å². The largest absolute Gasteiger partial charge is 0.303 e. The second kappa shape index (κ2) is 13.5. The Kier molecular flexibility index (Phi) is 12.3. The molecule has 0 aliphatic heterocycles. The number of rotatable bonds is 16. The fourth-order valence-corrected chi connectivity index (χ4v) is 2.01. The first-order valence-corrected chi connectivity index (χ1v) is 8.41. The normalized spacial score (nSPS) is 10.2. The van der Waals surface area contributed by atoms with Gasteiger partial charge in [0.25, 0.3) is 0 Å². The van der Waals surface area contributed by atoms with Crippen LogP contribution in [0.3, 0.4) is 0 Å². The zero-order chi connectivity index (χ0) is 18.4. The molecule has 6 heteroatoms. The molecule has 24 heavy (non-hydrogen) atoms. The van der Waals surface area contributed by atoms with Crippen LogP contribution < -0.4 is 0 Å². The van der Waals surface area contributed by atoms with Crippen LogP contribution in [0.25, 0.3) is 0 Å². The van der Waals surface area contributed by atoms with E-state index in [1.807, 2.05) is 0 Å². The topological polar surface area (TPSA) is 102 Å². The summed E-state index contributed by atoms with van der Waals surface area (Å²) in [5, 5.41) is 0. The maximum Gasteiger partial charge on any atom is 0.133 e. The van der Waals surface area contributed by atoms with E-state index in [1.54, 1.807) is 6.92 Å². The molecule has 0 unspecified atom stereocenters. The minimum absolute atomic E-state index is 0.0305. The minimum atomic E-state index is -0.164. The lowest BCUT2D eigenvalue weighted by Gasteiger charge is -2.02. The van der Waals surface area contributed by atoms with Crippen LogP contribution in [-0.4, -0.2) is 35.2 Å². The molecule has 0 spiro atoms. The molecule has 0 radical (unpaired) electrons. The molecular formula is C18H26O6. The van der Waals surface area contributed by atoms with Crippen LogP contribution in [0.15, 0.2) is 0 Å². The lowest BCUT2D eigenvalue weighted by molar-refractivity contribution is -0.127. The van der Waals surface area contributed by atoms with Gasteiger partial charge in [-0.1, -0.05) is 6.92 Å². The van der Waals surface area contributed by atoms with Gasteiger partial charge in [-0.3, -0.25) is 24.0 Å². The summed E-state index contributed by atoms with van der Waals surface area (Å²) in [5.74, 6) is -0.539. The van der Waals surface area contributed by atoms with Gasteiger partial charge in [0.15, 0.2) is 0 Å². The summed E-state index contributed by atoms with van der Waals surface area (Å²) in [6, 6.07) is 0. The second-order valence-corrected chi connectivity index (χ2v) is 5.75. The van der Waals surface area contributed by atoms with Crippen molar-refractivity contribution in [1.82, 2.24) is 0 Å². The zero-order valence-electron chi connectivity index (χ0n) is 14.3. The predicted octanol–water partition coefficient (Wildman–Crippen LogP) is 2.34. The van der Waals surface area contributed by atoms with Crippen molar-refractivity contribution in [3.8, 4) is 0 Å². The Bertz CT molecular complexity index is 478. The molecule has 0 heterocycles. The minimum Gasteiger partial charge on any atom is -0.303 e. The van der Waals surface area contributed by atoms with Crippen LogP contribution in [0.1, 0.15) is 77.6 Å². The highest BCUT2D eigenvalue weighted by Crippen LogP contribution is 2.07. The Labute approximate surface area is 142 Å². The van der Waals surface area contributed by atoms with Crippen molar-refractivity contribution >= 4 is 35.2 Å². The van der Waals surface area contributed by atoms with E-state index >= 15 is 0 Å². The number of hydrogen-bond acceptors (Lipinski definition) is 6. The van der Waals surface area contributed by atoms with Gasteiger partial charge in [0.05, 0.1) is 0 Å². The summed E-state index contributed by atoms with van der Waals surface area (Å²) in [5.41, 5.74) is 0.